The highest BCUT2D eigenvalue weighted by atomic mass is 15.2. The highest BCUT2D eigenvalue weighted by molar-refractivity contribution is 4.85. The quantitative estimate of drug-likeness (QED) is 0.584. The minimum atomic E-state index is -2.65. The van der Waals surface area contributed by atoms with Gasteiger partial charge in [-0.15, -0.1) is 0 Å². The summed E-state index contributed by atoms with van der Waals surface area (Å²) in [6.45, 7) is 4.23. The highest BCUT2D eigenvalue weighted by Crippen LogP contribution is 2.35. The van der Waals surface area contributed by atoms with Crippen LogP contribution in [0, 0.1) is 11.3 Å². The molecule has 0 spiro atoms. The molecule has 0 saturated carbocycles. The molecule has 1 rings (SSSR count). The maximum Gasteiger partial charge on any atom is 0.0431 e. The Morgan fingerprint density at radius 2 is 1.43 bits per heavy atom. The van der Waals surface area contributed by atoms with E-state index < -0.39 is 42.6 Å². The molecule has 0 atom stereocenters. The van der Waals surface area contributed by atoms with Crippen LogP contribution in [0.15, 0.2) is 0 Å². The van der Waals surface area contributed by atoms with E-state index in [9.17, 15) is 0 Å². The number of nitrogens with zero attached hydrogens (tertiary/aromatic N) is 1. The summed E-state index contributed by atoms with van der Waals surface area (Å²) in [5, 5.41) is 0. The summed E-state index contributed by atoms with van der Waals surface area (Å²) in [7, 11) is 0. The fourth-order valence-corrected chi connectivity index (χ4v) is 1.09. The highest BCUT2D eigenvalue weighted by Gasteiger charge is 2.32. The predicted octanol–water partition coefficient (Wildman–Crippen LogP) is 3.54. The Bertz CT molecular complexity index is 374. The van der Waals surface area contributed by atoms with E-state index >= 15 is 0 Å². The van der Waals surface area contributed by atoms with Crippen LogP contribution in [0.2, 0.25) is 0 Å². The summed E-state index contributed by atoms with van der Waals surface area (Å²) in [5.74, 6) is -1.45. The summed E-state index contributed by atoms with van der Waals surface area (Å²) >= 11 is 0. The molecule has 0 N–H and O–H groups in total. The summed E-state index contributed by atoms with van der Waals surface area (Å²) in [5.41, 5.74) is -2.03. The van der Waals surface area contributed by atoms with E-state index in [2.05, 4.69) is 0 Å². The van der Waals surface area contributed by atoms with Crippen LogP contribution in [0.3, 0.4) is 0 Å². The lowest BCUT2D eigenvalue weighted by molar-refractivity contribution is 0.0532. The van der Waals surface area contributed by atoms with E-state index in [-0.39, 0.29) is 0 Å². The van der Waals surface area contributed by atoms with Crippen molar-refractivity contribution in [3.63, 3.8) is 0 Å². The number of rotatable bonds is 0. The van der Waals surface area contributed by atoms with Crippen LogP contribution in [-0.4, -0.2) is 23.4 Å². The normalized spacial score (nSPS) is 45.6. The third-order valence-corrected chi connectivity index (χ3v) is 2.18. The van der Waals surface area contributed by atoms with E-state index in [0.29, 0.717) is 0 Å². The molecule has 0 bridgehead atoms. The van der Waals surface area contributed by atoms with Gasteiger partial charge >= 0.3 is 0 Å². The minimum Gasteiger partial charge on any atom is -0.298 e. The van der Waals surface area contributed by atoms with Gasteiger partial charge in [0, 0.05) is 16.5 Å². The van der Waals surface area contributed by atoms with Gasteiger partial charge in [-0.25, -0.2) is 0 Å². The standard InChI is InChI=1S/C13H27N/c1-12(2,3)11-7-9-14(10-8-11)13(4,5)6/h11H,7-10H2,1-6H3/i7D2,8D2,9D2,10D2. The number of hydrogen-bond acceptors (Lipinski definition) is 1. The van der Waals surface area contributed by atoms with Crippen molar-refractivity contribution in [2.24, 2.45) is 11.3 Å². The lowest BCUT2D eigenvalue weighted by Crippen LogP contribution is -2.47. The van der Waals surface area contributed by atoms with Gasteiger partial charge in [0.2, 0.25) is 0 Å². The number of likely N-dealkylation sites (tertiary alicyclic amines) is 1. The Labute approximate surface area is 101 Å². The van der Waals surface area contributed by atoms with Crippen molar-refractivity contribution < 1.29 is 11.0 Å². The molecule has 1 heteroatoms. The van der Waals surface area contributed by atoms with Crippen molar-refractivity contribution in [3.05, 3.63) is 0 Å². The molecule has 0 aliphatic carbocycles. The topological polar surface area (TPSA) is 3.24 Å². The van der Waals surface area contributed by atoms with Crippen molar-refractivity contribution in [2.75, 3.05) is 13.0 Å². The van der Waals surface area contributed by atoms with Gasteiger partial charge < -0.3 is 0 Å². The third-order valence-electron chi connectivity index (χ3n) is 2.18. The molecule has 0 radical (unpaired) electrons. The lowest BCUT2D eigenvalue weighted by Gasteiger charge is -2.44. The molecule has 0 amide bonds. The number of piperidine rings is 1. The van der Waals surface area contributed by atoms with Crippen LogP contribution in [0.5, 0.6) is 0 Å². The fraction of sp³-hybridized carbons (Fsp3) is 1.00. The van der Waals surface area contributed by atoms with E-state index in [1.807, 2.05) is 0 Å². The molecule has 0 aromatic rings. The molecule has 1 aliphatic heterocycles. The monoisotopic (exact) mass is 205 g/mol. The zero-order valence-corrected chi connectivity index (χ0v) is 10.0. The molecule has 0 aromatic carbocycles. The van der Waals surface area contributed by atoms with Gasteiger partial charge in [0.15, 0.2) is 0 Å². The van der Waals surface area contributed by atoms with Crippen LogP contribution >= 0.6 is 0 Å². The SMILES string of the molecule is [2H]C1([2H])C(C(C)(C)C)C([2H])([2H])C([2H])([2H])N(C(C)(C)C)C1([2H])[2H]. The van der Waals surface area contributed by atoms with Gasteiger partial charge in [-0.05, 0) is 57.8 Å². The molecule has 0 aromatic heterocycles. The summed E-state index contributed by atoms with van der Waals surface area (Å²) < 4.78 is 66.5. The average molecular weight is 205 g/mol. The summed E-state index contributed by atoms with van der Waals surface area (Å²) in [4.78, 5) is 0.718. The average Bonchev–Trinajstić information content (AvgIpc) is 2.06. The van der Waals surface area contributed by atoms with Gasteiger partial charge in [-0.3, -0.25) is 4.90 Å². The Hall–Kier alpha value is -0.0400. The van der Waals surface area contributed by atoms with Gasteiger partial charge in [-0.2, -0.15) is 0 Å². The molecule has 1 nitrogen and oxygen atoms in total. The van der Waals surface area contributed by atoms with Crippen molar-refractivity contribution in [3.8, 4) is 0 Å². The van der Waals surface area contributed by atoms with Crippen molar-refractivity contribution in [2.45, 2.75) is 59.8 Å². The molecule has 1 saturated heterocycles. The van der Waals surface area contributed by atoms with E-state index in [1.54, 1.807) is 41.5 Å². The Kier molecular flexibility index (Phi) is 1.34. The molecule has 1 fully saturated rings. The summed E-state index contributed by atoms with van der Waals surface area (Å²) in [6, 6.07) is 0. The zero-order valence-electron chi connectivity index (χ0n) is 18.0. The molecule has 84 valence electrons. The second-order valence-corrected chi connectivity index (χ2v) is 5.82. The van der Waals surface area contributed by atoms with Crippen LogP contribution < -0.4 is 0 Å². The first-order chi connectivity index (χ1) is 9.23. The first-order valence-electron chi connectivity index (χ1n) is 9.04. The Balaban J connectivity index is 3.77. The largest absolute Gasteiger partial charge is 0.298 e. The van der Waals surface area contributed by atoms with Crippen LogP contribution in [-0.2, 0) is 0 Å². The fourth-order valence-electron chi connectivity index (χ4n) is 1.09. The summed E-state index contributed by atoms with van der Waals surface area (Å²) in [6.07, 6.45) is -5.12. The molecular weight excluding hydrogens is 170 g/mol. The van der Waals surface area contributed by atoms with Crippen molar-refractivity contribution in [1.29, 1.82) is 0 Å². The first-order valence-corrected chi connectivity index (χ1v) is 5.04. The number of hydrogen-bond donors (Lipinski definition) is 0. The van der Waals surface area contributed by atoms with E-state index in [4.69, 9.17) is 11.0 Å². The van der Waals surface area contributed by atoms with Crippen LogP contribution in [0.25, 0.3) is 0 Å². The molecular formula is C13H27N. The van der Waals surface area contributed by atoms with E-state index in [1.165, 1.54) is 0 Å². The van der Waals surface area contributed by atoms with Gasteiger partial charge in [0.1, 0.15) is 0 Å². The van der Waals surface area contributed by atoms with Crippen molar-refractivity contribution in [1.82, 2.24) is 4.90 Å². The van der Waals surface area contributed by atoms with E-state index in [0.717, 1.165) is 4.90 Å². The minimum absolute atomic E-state index is 0.718. The molecule has 1 heterocycles. The van der Waals surface area contributed by atoms with Crippen LogP contribution in [0.4, 0.5) is 0 Å². The van der Waals surface area contributed by atoms with Gasteiger partial charge in [0.05, 0.1) is 0 Å². The van der Waals surface area contributed by atoms with Gasteiger partial charge in [0.25, 0.3) is 0 Å². The second kappa shape index (κ2) is 3.84. The Morgan fingerprint density at radius 3 is 1.71 bits per heavy atom. The van der Waals surface area contributed by atoms with Gasteiger partial charge in [-0.1, -0.05) is 20.8 Å². The molecule has 1 aliphatic rings. The Morgan fingerprint density at radius 1 is 1.00 bits per heavy atom. The maximum absolute atomic E-state index is 8.33. The zero-order chi connectivity index (χ0) is 18.2. The molecule has 0 unspecified atom stereocenters. The lowest BCUT2D eigenvalue weighted by atomic mass is 9.75. The molecule has 14 heavy (non-hydrogen) atoms. The maximum atomic E-state index is 8.33. The first kappa shape index (κ1) is 4.86. The van der Waals surface area contributed by atoms with Crippen LogP contribution in [0.1, 0.15) is 65.3 Å². The predicted molar refractivity (Wildman–Crippen MR) is 63.5 cm³/mol. The van der Waals surface area contributed by atoms with Crippen molar-refractivity contribution >= 4 is 0 Å². The third kappa shape index (κ3) is 2.98. The second-order valence-electron chi connectivity index (χ2n) is 5.82. The smallest absolute Gasteiger partial charge is 0.0431 e.